The van der Waals surface area contributed by atoms with E-state index in [1.165, 1.54) is 12.1 Å². The van der Waals surface area contributed by atoms with Gasteiger partial charge in [-0.15, -0.1) is 0 Å². The molecule has 1 aromatic rings. The summed E-state index contributed by atoms with van der Waals surface area (Å²) < 4.78 is 27.0. The predicted octanol–water partition coefficient (Wildman–Crippen LogP) is 2.20. The van der Waals surface area contributed by atoms with Gasteiger partial charge < -0.3 is 4.90 Å². The lowest BCUT2D eigenvalue weighted by molar-refractivity contribution is -0.385. The van der Waals surface area contributed by atoms with Crippen molar-refractivity contribution in [1.82, 2.24) is 9.62 Å². The van der Waals surface area contributed by atoms with Crippen molar-refractivity contribution < 1.29 is 13.3 Å². The highest BCUT2D eigenvalue weighted by molar-refractivity contribution is 7.89. The van der Waals surface area contributed by atoms with Crippen LogP contribution in [0.15, 0.2) is 29.3 Å². The minimum absolute atomic E-state index is 0.129. The standard InChI is InChI=1S/C14H21N3O4S/c1-14(2,3)15-22(20,21)12-7-6-11(8-9-16(4)5)13(10-12)17(18)19/h6-10,15H,1-5H3/b9-8+. The largest absolute Gasteiger partial charge is 0.383 e. The molecule has 1 rings (SSSR count). The van der Waals surface area contributed by atoms with Crippen LogP contribution in [-0.2, 0) is 10.0 Å². The van der Waals surface area contributed by atoms with Crippen LogP contribution in [-0.4, -0.2) is 37.9 Å². The Kier molecular flexibility index (Phi) is 5.31. The summed E-state index contributed by atoms with van der Waals surface area (Å²) in [5, 5.41) is 11.2. The van der Waals surface area contributed by atoms with Gasteiger partial charge in [0.25, 0.3) is 5.69 Å². The van der Waals surface area contributed by atoms with Gasteiger partial charge in [-0.05, 0) is 45.2 Å². The minimum Gasteiger partial charge on any atom is -0.383 e. The molecule has 0 aliphatic carbocycles. The average molecular weight is 327 g/mol. The highest BCUT2D eigenvalue weighted by Crippen LogP contribution is 2.25. The summed E-state index contributed by atoms with van der Waals surface area (Å²) in [6.07, 6.45) is 3.22. The van der Waals surface area contributed by atoms with Gasteiger partial charge in [0.1, 0.15) is 0 Å². The number of nitrogens with one attached hydrogen (secondary N) is 1. The third kappa shape index (κ3) is 5.12. The molecule has 0 spiro atoms. The smallest absolute Gasteiger partial charge is 0.277 e. The van der Waals surface area contributed by atoms with Crippen LogP contribution in [0, 0.1) is 10.1 Å². The molecule has 122 valence electrons. The van der Waals surface area contributed by atoms with Crippen LogP contribution in [0.3, 0.4) is 0 Å². The van der Waals surface area contributed by atoms with E-state index in [0.717, 1.165) is 6.07 Å². The van der Waals surface area contributed by atoms with E-state index in [1.54, 1.807) is 52.0 Å². The molecule has 1 N–H and O–H groups in total. The molecular formula is C14H21N3O4S. The van der Waals surface area contributed by atoms with Gasteiger partial charge in [0.2, 0.25) is 10.0 Å². The number of hydrogen-bond acceptors (Lipinski definition) is 5. The lowest BCUT2D eigenvalue weighted by Gasteiger charge is -2.20. The molecule has 0 aromatic heterocycles. The molecule has 0 radical (unpaired) electrons. The maximum atomic E-state index is 12.2. The van der Waals surface area contributed by atoms with Crippen molar-refractivity contribution in [3.05, 3.63) is 40.1 Å². The van der Waals surface area contributed by atoms with E-state index in [9.17, 15) is 18.5 Å². The van der Waals surface area contributed by atoms with Crippen LogP contribution < -0.4 is 4.72 Å². The molecule has 0 bridgehead atoms. The summed E-state index contributed by atoms with van der Waals surface area (Å²) in [5.74, 6) is 0. The summed E-state index contributed by atoms with van der Waals surface area (Å²) in [6.45, 7) is 5.10. The molecule has 0 aliphatic rings. The van der Waals surface area contributed by atoms with Gasteiger partial charge in [0.15, 0.2) is 0 Å². The quantitative estimate of drug-likeness (QED) is 0.661. The molecule has 0 aliphatic heterocycles. The second-order valence-corrected chi connectivity index (χ2v) is 7.79. The maximum Gasteiger partial charge on any atom is 0.277 e. The zero-order chi connectivity index (χ0) is 17.1. The molecule has 1 aromatic carbocycles. The van der Waals surface area contributed by atoms with Crippen molar-refractivity contribution in [3.63, 3.8) is 0 Å². The molecule has 8 heteroatoms. The third-order valence-corrected chi connectivity index (χ3v) is 4.26. The molecule has 22 heavy (non-hydrogen) atoms. The first-order chi connectivity index (χ1) is 9.92. The molecule has 0 saturated carbocycles. The lowest BCUT2D eigenvalue weighted by atomic mass is 10.1. The van der Waals surface area contributed by atoms with Crippen LogP contribution in [0.2, 0.25) is 0 Å². The minimum atomic E-state index is -3.81. The SMILES string of the molecule is CN(C)/C=C/c1ccc(S(=O)(=O)NC(C)(C)C)cc1[N+](=O)[O-]. The Balaban J connectivity index is 3.32. The first-order valence-corrected chi connectivity index (χ1v) is 8.08. The van der Waals surface area contributed by atoms with Gasteiger partial charge in [-0.25, -0.2) is 13.1 Å². The second-order valence-electron chi connectivity index (χ2n) is 6.11. The molecule has 0 fully saturated rings. The number of nitrogens with zero attached hydrogens (tertiary/aromatic N) is 2. The molecule has 0 atom stereocenters. The number of rotatable bonds is 5. The van der Waals surface area contributed by atoms with Crippen LogP contribution >= 0.6 is 0 Å². The average Bonchev–Trinajstić information content (AvgIpc) is 2.32. The summed E-state index contributed by atoms with van der Waals surface area (Å²) in [4.78, 5) is 12.2. The highest BCUT2D eigenvalue weighted by atomic mass is 32.2. The van der Waals surface area contributed by atoms with Crippen LogP contribution in [0.5, 0.6) is 0 Å². The number of sulfonamides is 1. The van der Waals surface area contributed by atoms with Crippen molar-refractivity contribution in [2.24, 2.45) is 0 Å². The van der Waals surface area contributed by atoms with Gasteiger partial charge in [0.05, 0.1) is 15.4 Å². The normalized spacial score (nSPS) is 12.6. The van der Waals surface area contributed by atoms with E-state index < -0.39 is 20.5 Å². The molecular weight excluding hydrogens is 306 g/mol. The van der Waals surface area contributed by atoms with Crippen molar-refractivity contribution in [2.45, 2.75) is 31.2 Å². The number of hydrogen-bond donors (Lipinski definition) is 1. The van der Waals surface area contributed by atoms with E-state index in [1.807, 2.05) is 0 Å². The fourth-order valence-corrected chi connectivity index (χ4v) is 3.12. The van der Waals surface area contributed by atoms with Crippen LogP contribution in [0.25, 0.3) is 6.08 Å². The van der Waals surface area contributed by atoms with E-state index in [-0.39, 0.29) is 10.6 Å². The van der Waals surface area contributed by atoms with E-state index in [4.69, 9.17) is 0 Å². The van der Waals surface area contributed by atoms with Gasteiger partial charge in [-0.1, -0.05) is 0 Å². The zero-order valence-corrected chi connectivity index (χ0v) is 14.1. The number of nitro groups is 1. The van der Waals surface area contributed by atoms with Gasteiger partial charge in [0, 0.05) is 25.7 Å². The Labute approximate surface area is 130 Å². The molecule has 7 nitrogen and oxygen atoms in total. The monoisotopic (exact) mass is 327 g/mol. The zero-order valence-electron chi connectivity index (χ0n) is 13.3. The van der Waals surface area contributed by atoms with Crippen LogP contribution in [0.4, 0.5) is 5.69 Å². The van der Waals surface area contributed by atoms with Crippen molar-refractivity contribution in [2.75, 3.05) is 14.1 Å². The second kappa shape index (κ2) is 6.45. The van der Waals surface area contributed by atoms with E-state index >= 15 is 0 Å². The molecule has 0 amide bonds. The Morgan fingerprint density at radius 1 is 1.27 bits per heavy atom. The Morgan fingerprint density at radius 3 is 2.32 bits per heavy atom. The van der Waals surface area contributed by atoms with Gasteiger partial charge in [-0.2, -0.15) is 0 Å². The number of nitro benzene ring substituents is 1. The first-order valence-electron chi connectivity index (χ1n) is 6.59. The molecule has 0 heterocycles. The van der Waals surface area contributed by atoms with Gasteiger partial charge >= 0.3 is 0 Å². The summed E-state index contributed by atoms with van der Waals surface area (Å²) in [7, 11) is -0.239. The fraction of sp³-hybridized carbons (Fsp3) is 0.429. The summed E-state index contributed by atoms with van der Waals surface area (Å²) in [5.41, 5.74) is -0.583. The van der Waals surface area contributed by atoms with Crippen molar-refractivity contribution in [3.8, 4) is 0 Å². The maximum absolute atomic E-state index is 12.2. The number of benzene rings is 1. The van der Waals surface area contributed by atoms with E-state index in [0.29, 0.717) is 5.56 Å². The Morgan fingerprint density at radius 2 is 1.86 bits per heavy atom. The third-order valence-electron chi connectivity index (χ3n) is 2.50. The predicted molar refractivity (Wildman–Crippen MR) is 85.9 cm³/mol. The molecule has 0 unspecified atom stereocenters. The summed E-state index contributed by atoms with van der Waals surface area (Å²) >= 11 is 0. The van der Waals surface area contributed by atoms with Crippen molar-refractivity contribution in [1.29, 1.82) is 0 Å². The van der Waals surface area contributed by atoms with E-state index in [2.05, 4.69) is 4.72 Å². The topological polar surface area (TPSA) is 92.6 Å². The molecule has 0 saturated heterocycles. The highest BCUT2D eigenvalue weighted by Gasteiger charge is 2.24. The Bertz CT molecular complexity index is 689. The van der Waals surface area contributed by atoms with Gasteiger partial charge in [-0.3, -0.25) is 10.1 Å². The van der Waals surface area contributed by atoms with Crippen LogP contribution in [0.1, 0.15) is 26.3 Å². The lowest BCUT2D eigenvalue weighted by Crippen LogP contribution is -2.40. The Hall–Kier alpha value is -1.93. The first kappa shape index (κ1) is 18.1. The fourth-order valence-electron chi connectivity index (χ4n) is 1.68. The van der Waals surface area contributed by atoms with Crippen molar-refractivity contribution >= 4 is 21.8 Å². The summed E-state index contributed by atoms with van der Waals surface area (Å²) in [6, 6.07) is 3.86.